The van der Waals surface area contributed by atoms with Crippen LogP contribution in [0.3, 0.4) is 0 Å². The van der Waals surface area contributed by atoms with Gasteiger partial charge >= 0.3 is 0 Å². The van der Waals surface area contributed by atoms with E-state index in [-0.39, 0.29) is 18.4 Å². The monoisotopic (exact) mass is 318 g/mol. The van der Waals surface area contributed by atoms with E-state index in [0.717, 1.165) is 6.54 Å². The number of amides is 1. The SMILES string of the molecule is Cc1ccc(CN(C)CC(=O)NCCc2noc(CO)n2)cc1. The van der Waals surface area contributed by atoms with Gasteiger partial charge in [0.25, 0.3) is 5.89 Å². The van der Waals surface area contributed by atoms with E-state index in [2.05, 4.69) is 39.7 Å². The maximum absolute atomic E-state index is 11.9. The second-order valence-corrected chi connectivity index (χ2v) is 5.52. The zero-order valence-corrected chi connectivity index (χ0v) is 13.5. The lowest BCUT2D eigenvalue weighted by Gasteiger charge is -2.16. The van der Waals surface area contributed by atoms with Gasteiger partial charge in [0.2, 0.25) is 5.91 Å². The Labute approximate surface area is 135 Å². The van der Waals surface area contributed by atoms with Crippen molar-refractivity contribution in [2.75, 3.05) is 20.1 Å². The first-order valence-electron chi connectivity index (χ1n) is 7.50. The smallest absolute Gasteiger partial charge is 0.252 e. The number of carbonyl (C=O) groups is 1. The fourth-order valence-corrected chi connectivity index (χ4v) is 2.13. The molecule has 1 heterocycles. The number of nitrogens with one attached hydrogen (secondary N) is 1. The van der Waals surface area contributed by atoms with Gasteiger partial charge in [0.1, 0.15) is 6.61 Å². The average Bonchev–Trinajstić information content (AvgIpc) is 2.97. The number of hydrogen-bond acceptors (Lipinski definition) is 6. The van der Waals surface area contributed by atoms with Crippen molar-refractivity contribution in [2.45, 2.75) is 26.5 Å². The normalized spacial score (nSPS) is 11.0. The lowest BCUT2D eigenvalue weighted by Crippen LogP contribution is -2.35. The quantitative estimate of drug-likeness (QED) is 0.743. The number of rotatable bonds is 8. The van der Waals surface area contributed by atoms with Gasteiger partial charge in [-0.05, 0) is 19.5 Å². The zero-order chi connectivity index (χ0) is 16.7. The Balaban J connectivity index is 1.68. The molecular formula is C16H22N4O3. The van der Waals surface area contributed by atoms with E-state index in [1.165, 1.54) is 11.1 Å². The van der Waals surface area contributed by atoms with Crippen LogP contribution in [0.4, 0.5) is 0 Å². The fourth-order valence-electron chi connectivity index (χ4n) is 2.13. The number of hydrogen-bond donors (Lipinski definition) is 2. The van der Waals surface area contributed by atoms with Crippen LogP contribution in [0.15, 0.2) is 28.8 Å². The van der Waals surface area contributed by atoms with E-state index >= 15 is 0 Å². The summed E-state index contributed by atoms with van der Waals surface area (Å²) in [7, 11) is 1.91. The number of carbonyl (C=O) groups excluding carboxylic acids is 1. The van der Waals surface area contributed by atoms with Crippen LogP contribution in [0.5, 0.6) is 0 Å². The molecule has 2 N–H and O–H groups in total. The van der Waals surface area contributed by atoms with Gasteiger partial charge in [-0.25, -0.2) is 0 Å². The topological polar surface area (TPSA) is 91.5 Å². The summed E-state index contributed by atoms with van der Waals surface area (Å²) in [5.74, 6) is 0.608. The molecule has 0 spiro atoms. The Kier molecular flexibility index (Phi) is 6.25. The number of benzene rings is 1. The van der Waals surface area contributed by atoms with E-state index in [1.807, 2.05) is 18.9 Å². The third-order valence-electron chi connectivity index (χ3n) is 3.30. The predicted molar refractivity (Wildman–Crippen MR) is 84.4 cm³/mol. The molecule has 1 aromatic heterocycles. The Morgan fingerprint density at radius 3 is 2.74 bits per heavy atom. The van der Waals surface area contributed by atoms with Crippen molar-refractivity contribution in [3.05, 3.63) is 47.1 Å². The number of aromatic nitrogens is 2. The maximum Gasteiger partial charge on any atom is 0.252 e. The minimum atomic E-state index is -0.275. The van der Waals surface area contributed by atoms with Crippen LogP contribution in [0.1, 0.15) is 22.8 Å². The van der Waals surface area contributed by atoms with Crippen molar-refractivity contribution in [1.29, 1.82) is 0 Å². The van der Waals surface area contributed by atoms with E-state index in [9.17, 15) is 4.79 Å². The van der Waals surface area contributed by atoms with Crippen molar-refractivity contribution in [3.63, 3.8) is 0 Å². The standard InChI is InChI=1S/C16H22N4O3/c1-12-3-5-13(6-4-12)9-20(2)10-15(22)17-8-7-14-18-16(11-21)23-19-14/h3-6,21H,7-11H2,1-2H3,(H,17,22). The number of nitrogens with zero attached hydrogens (tertiary/aromatic N) is 3. The molecule has 0 radical (unpaired) electrons. The molecule has 1 aromatic carbocycles. The lowest BCUT2D eigenvalue weighted by molar-refractivity contribution is -0.122. The van der Waals surface area contributed by atoms with Crippen LogP contribution in [-0.2, 0) is 24.4 Å². The molecule has 0 saturated heterocycles. The van der Waals surface area contributed by atoms with Crippen molar-refractivity contribution in [3.8, 4) is 0 Å². The Morgan fingerprint density at radius 1 is 1.35 bits per heavy atom. The second kappa shape index (κ2) is 8.40. The number of aliphatic hydroxyl groups excluding tert-OH is 1. The minimum absolute atomic E-state index is 0.0505. The van der Waals surface area contributed by atoms with Crippen LogP contribution in [0.2, 0.25) is 0 Å². The van der Waals surface area contributed by atoms with Gasteiger partial charge in [0.05, 0.1) is 6.54 Å². The summed E-state index contributed by atoms with van der Waals surface area (Å²) in [6.45, 7) is 3.25. The molecule has 7 heteroatoms. The molecule has 0 aliphatic carbocycles. The number of likely N-dealkylation sites (N-methyl/N-ethyl adjacent to an activating group) is 1. The van der Waals surface area contributed by atoms with Crippen molar-refractivity contribution < 1.29 is 14.4 Å². The highest BCUT2D eigenvalue weighted by Crippen LogP contribution is 2.05. The average molecular weight is 318 g/mol. The molecule has 0 saturated carbocycles. The first-order chi connectivity index (χ1) is 11.1. The summed E-state index contributed by atoms with van der Waals surface area (Å²) in [5, 5.41) is 15.3. The van der Waals surface area contributed by atoms with E-state index in [0.29, 0.717) is 25.3 Å². The van der Waals surface area contributed by atoms with Gasteiger partial charge in [-0.2, -0.15) is 4.98 Å². The third-order valence-corrected chi connectivity index (χ3v) is 3.30. The maximum atomic E-state index is 11.9. The number of aryl methyl sites for hydroxylation is 1. The summed E-state index contributed by atoms with van der Waals surface area (Å²) >= 11 is 0. The van der Waals surface area contributed by atoms with Gasteiger partial charge in [-0.1, -0.05) is 35.0 Å². The van der Waals surface area contributed by atoms with Gasteiger partial charge in [0, 0.05) is 19.5 Å². The summed E-state index contributed by atoms with van der Waals surface area (Å²) in [6, 6.07) is 8.26. The summed E-state index contributed by atoms with van der Waals surface area (Å²) in [6.07, 6.45) is 0.469. The molecule has 0 unspecified atom stereocenters. The molecule has 0 aliphatic rings. The minimum Gasteiger partial charge on any atom is -0.387 e. The lowest BCUT2D eigenvalue weighted by atomic mass is 10.1. The Bertz CT molecular complexity index is 625. The van der Waals surface area contributed by atoms with E-state index < -0.39 is 0 Å². The van der Waals surface area contributed by atoms with Gasteiger partial charge in [-0.3, -0.25) is 9.69 Å². The van der Waals surface area contributed by atoms with Crippen LogP contribution >= 0.6 is 0 Å². The molecule has 0 aliphatic heterocycles. The molecule has 2 rings (SSSR count). The van der Waals surface area contributed by atoms with E-state index in [1.54, 1.807) is 0 Å². The third kappa shape index (κ3) is 5.80. The highest BCUT2D eigenvalue weighted by atomic mass is 16.5. The van der Waals surface area contributed by atoms with Crippen LogP contribution in [0, 0.1) is 6.92 Å². The largest absolute Gasteiger partial charge is 0.387 e. The molecule has 1 amide bonds. The molecule has 2 aromatic rings. The molecule has 0 bridgehead atoms. The first kappa shape index (κ1) is 17.1. The molecule has 23 heavy (non-hydrogen) atoms. The zero-order valence-electron chi connectivity index (χ0n) is 13.5. The van der Waals surface area contributed by atoms with Crippen molar-refractivity contribution in [2.24, 2.45) is 0 Å². The highest BCUT2D eigenvalue weighted by Gasteiger charge is 2.08. The molecule has 7 nitrogen and oxygen atoms in total. The first-order valence-corrected chi connectivity index (χ1v) is 7.50. The molecule has 0 atom stereocenters. The van der Waals surface area contributed by atoms with Gasteiger partial charge in [0.15, 0.2) is 5.82 Å². The molecule has 124 valence electrons. The summed E-state index contributed by atoms with van der Waals surface area (Å²) < 4.78 is 4.78. The Morgan fingerprint density at radius 2 is 2.09 bits per heavy atom. The summed E-state index contributed by atoms with van der Waals surface area (Å²) in [4.78, 5) is 17.8. The molecular weight excluding hydrogens is 296 g/mol. The van der Waals surface area contributed by atoms with Gasteiger partial charge in [-0.15, -0.1) is 0 Å². The van der Waals surface area contributed by atoms with Crippen LogP contribution < -0.4 is 5.32 Å². The van der Waals surface area contributed by atoms with Gasteiger partial charge < -0.3 is 14.9 Å². The predicted octanol–water partition coefficient (Wildman–Crippen LogP) is 0.661. The van der Waals surface area contributed by atoms with Crippen molar-refractivity contribution in [1.82, 2.24) is 20.4 Å². The van der Waals surface area contributed by atoms with Crippen LogP contribution in [0.25, 0.3) is 0 Å². The van der Waals surface area contributed by atoms with Crippen molar-refractivity contribution >= 4 is 5.91 Å². The highest BCUT2D eigenvalue weighted by molar-refractivity contribution is 5.77. The summed E-state index contributed by atoms with van der Waals surface area (Å²) in [5.41, 5.74) is 2.40. The number of aliphatic hydroxyl groups is 1. The Hall–Kier alpha value is -2.25. The molecule has 0 fully saturated rings. The fraction of sp³-hybridized carbons (Fsp3) is 0.438. The van der Waals surface area contributed by atoms with E-state index in [4.69, 9.17) is 9.63 Å². The van der Waals surface area contributed by atoms with Crippen LogP contribution in [-0.4, -0.2) is 46.2 Å². The second-order valence-electron chi connectivity index (χ2n) is 5.52.